The summed E-state index contributed by atoms with van der Waals surface area (Å²) in [6.07, 6.45) is 0. The fraction of sp³-hybridized carbons (Fsp3) is 0.125. The molecule has 2 aromatic carbocycles. The minimum absolute atomic E-state index is 0.00299. The van der Waals surface area contributed by atoms with E-state index >= 15 is 0 Å². The Bertz CT molecular complexity index is 745. The van der Waals surface area contributed by atoms with Crippen LogP contribution in [-0.4, -0.2) is 11.8 Å². The average Bonchev–Trinajstić information content (AvgIpc) is 2.45. The van der Waals surface area contributed by atoms with Gasteiger partial charge in [-0.2, -0.15) is 0 Å². The Morgan fingerprint density at radius 2 is 1.68 bits per heavy atom. The van der Waals surface area contributed by atoms with Gasteiger partial charge >= 0.3 is 0 Å². The predicted octanol–water partition coefficient (Wildman–Crippen LogP) is 3.48. The third kappa shape index (κ3) is 3.66. The highest BCUT2D eigenvalue weighted by atomic mass is 19.2. The van der Waals surface area contributed by atoms with Crippen molar-refractivity contribution in [2.45, 2.75) is 13.8 Å². The number of carbonyl (C=O) groups is 2. The van der Waals surface area contributed by atoms with Gasteiger partial charge in [-0.15, -0.1) is 0 Å². The number of amides is 2. The summed E-state index contributed by atoms with van der Waals surface area (Å²) in [5.41, 5.74) is 1.77. The first-order valence-corrected chi connectivity index (χ1v) is 6.51. The monoisotopic (exact) mass is 304 g/mol. The molecule has 6 heteroatoms. The molecule has 0 aliphatic heterocycles. The van der Waals surface area contributed by atoms with Crippen molar-refractivity contribution in [3.63, 3.8) is 0 Å². The van der Waals surface area contributed by atoms with E-state index in [0.717, 1.165) is 17.7 Å². The number of anilines is 2. The van der Waals surface area contributed by atoms with Crippen LogP contribution in [0.1, 0.15) is 22.8 Å². The maximum absolute atomic E-state index is 13.2. The molecule has 0 spiro atoms. The van der Waals surface area contributed by atoms with Crippen molar-refractivity contribution in [1.82, 2.24) is 0 Å². The first-order valence-electron chi connectivity index (χ1n) is 6.51. The molecule has 0 heterocycles. The van der Waals surface area contributed by atoms with Gasteiger partial charge in [-0.05, 0) is 42.8 Å². The molecule has 0 bridgehead atoms. The van der Waals surface area contributed by atoms with E-state index in [4.69, 9.17) is 0 Å². The van der Waals surface area contributed by atoms with Gasteiger partial charge in [0, 0.05) is 23.9 Å². The fourth-order valence-electron chi connectivity index (χ4n) is 1.87. The maximum Gasteiger partial charge on any atom is 0.255 e. The Balaban J connectivity index is 2.23. The molecular formula is C16H14F2N2O2. The summed E-state index contributed by atoms with van der Waals surface area (Å²) in [6.45, 7) is 3.15. The molecule has 114 valence electrons. The summed E-state index contributed by atoms with van der Waals surface area (Å²) in [4.78, 5) is 23.1. The average molecular weight is 304 g/mol. The van der Waals surface area contributed by atoms with Gasteiger partial charge in [0.25, 0.3) is 5.91 Å². The van der Waals surface area contributed by atoms with E-state index in [0.29, 0.717) is 11.4 Å². The van der Waals surface area contributed by atoms with Gasteiger partial charge in [0.2, 0.25) is 5.91 Å². The van der Waals surface area contributed by atoms with Gasteiger partial charge in [-0.25, -0.2) is 8.78 Å². The number of halogens is 2. The van der Waals surface area contributed by atoms with Gasteiger partial charge < -0.3 is 10.6 Å². The summed E-state index contributed by atoms with van der Waals surface area (Å²) < 4.78 is 26.0. The minimum atomic E-state index is -1.09. The lowest BCUT2D eigenvalue weighted by molar-refractivity contribution is -0.114. The molecule has 0 saturated carbocycles. The zero-order chi connectivity index (χ0) is 16.3. The van der Waals surface area contributed by atoms with Crippen LogP contribution < -0.4 is 10.6 Å². The van der Waals surface area contributed by atoms with Crippen LogP contribution in [0.15, 0.2) is 36.4 Å². The van der Waals surface area contributed by atoms with E-state index in [1.54, 1.807) is 25.1 Å². The Morgan fingerprint density at radius 3 is 2.32 bits per heavy atom. The van der Waals surface area contributed by atoms with E-state index in [-0.39, 0.29) is 11.5 Å². The molecule has 0 radical (unpaired) electrons. The maximum atomic E-state index is 13.2. The van der Waals surface area contributed by atoms with Gasteiger partial charge in [0.15, 0.2) is 11.6 Å². The molecule has 0 unspecified atom stereocenters. The minimum Gasteiger partial charge on any atom is -0.326 e. The third-order valence-electron chi connectivity index (χ3n) is 2.99. The predicted molar refractivity (Wildman–Crippen MR) is 79.8 cm³/mol. The second-order valence-electron chi connectivity index (χ2n) is 4.79. The van der Waals surface area contributed by atoms with Crippen LogP contribution in [0.2, 0.25) is 0 Å². The van der Waals surface area contributed by atoms with Gasteiger partial charge in [-0.3, -0.25) is 9.59 Å². The standard InChI is InChI=1S/C16H14F2N2O2/c1-9-3-5-12(19-10(2)21)8-15(9)20-16(22)11-4-6-13(17)14(18)7-11/h3-8H,1-2H3,(H,19,21)(H,20,22). The van der Waals surface area contributed by atoms with Gasteiger partial charge in [0.05, 0.1) is 0 Å². The zero-order valence-corrected chi connectivity index (χ0v) is 12.0. The van der Waals surface area contributed by atoms with Crippen LogP contribution >= 0.6 is 0 Å². The number of hydrogen-bond acceptors (Lipinski definition) is 2. The van der Waals surface area contributed by atoms with E-state index in [1.165, 1.54) is 13.0 Å². The smallest absolute Gasteiger partial charge is 0.255 e. The first-order chi connectivity index (χ1) is 10.4. The number of benzene rings is 2. The summed E-state index contributed by atoms with van der Waals surface area (Å²) >= 11 is 0. The summed E-state index contributed by atoms with van der Waals surface area (Å²) in [6, 6.07) is 7.94. The highest BCUT2D eigenvalue weighted by Gasteiger charge is 2.11. The molecule has 0 fully saturated rings. The molecule has 0 aliphatic rings. The largest absolute Gasteiger partial charge is 0.326 e. The SMILES string of the molecule is CC(=O)Nc1ccc(C)c(NC(=O)c2ccc(F)c(F)c2)c1. The second-order valence-corrected chi connectivity index (χ2v) is 4.79. The normalized spacial score (nSPS) is 10.2. The van der Waals surface area contributed by atoms with E-state index in [9.17, 15) is 18.4 Å². The molecule has 0 aromatic heterocycles. The van der Waals surface area contributed by atoms with Crippen molar-refractivity contribution in [2.75, 3.05) is 10.6 Å². The Hall–Kier alpha value is -2.76. The van der Waals surface area contributed by atoms with Crippen LogP contribution in [0.25, 0.3) is 0 Å². The summed E-state index contributed by atoms with van der Waals surface area (Å²) in [5.74, 6) is -2.90. The number of carbonyl (C=O) groups excluding carboxylic acids is 2. The molecule has 2 rings (SSSR count). The van der Waals surface area contributed by atoms with E-state index < -0.39 is 17.5 Å². The zero-order valence-electron chi connectivity index (χ0n) is 12.0. The van der Waals surface area contributed by atoms with Crippen molar-refractivity contribution in [3.05, 3.63) is 59.2 Å². The molecule has 4 nitrogen and oxygen atoms in total. The molecule has 2 amide bonds. The van der Waals surface area contributed by atoms with Crippen molar-refractivity contribution in [2.24, 2.45) is 0 Å². The molecule has 0 aliphatic carbocycles. The number of hydrogen-bond donors (Lipinski definition) is 2. The highest BCUT2D eigenvalue weighted by Crippen LogP contribution is 2.21. The Kier molecular flexibility index (Phi) is 4.50. The van der Waals surface area contributed by atoms with Gasteiger partial charge in [-0.1, -0.05) is 6.07 Å². The summed E-state index contributed by atoms with van der Waals surface area (Å²) in [5, 5.41) is 5.21. The molecular weight excluding hydrogens is 290 g/mol. The van der Waals surface area contributed by atoms with Crippen LogP contribution in [0, 0.1) is 18.6 Å². The van der Waals surface area contributed by atoms with Crippen molar-refractivity contribution >= 4 is 23.2 Å². The molecule has 0 atom stereocenters. The second kappa shape index (κ2) is 6.34. The number of nitrogens with one attached hydrogen (secondary N) is 2. The van der Waals surface area contributed by atoms with Crippen LogP contribution in [0.4, 0.5) is 20.2 Å². The lowest BCUT2D eigenvalue weighted by Gasteiger charge is -2.11. The molecule has 0 saturated heterocycles. The van der Waals surface area contributed by atoms with E-state index in [1.807, 2.05) is 0 Å². The number of rotatable bonds is 3. The fourth-order valence-corrected chi connectivity index (χ4v) is 1.87. The van der Waals surface area contributed by atoms with Crippen LogP contribution in [0.5, 0.6) is 0 Å². The summed E-state index contributed by atoms with van der Waals surface area (Å²) in [7, 11) is 0. The van der Waals surface area contributed by atoms with Crippen LogP contribution in [-0.2, 0) is 4.79 Å². The van der Waals surface area contributed by atoms with Gasteiger partial charge in [0.1, 0.15) is 0 Å². The topological polar surface area (TPSA) is 58.2 Å². The highest BCUT2D eigenvalue weighted by molar-refractivity contribution is 6.05. The third-order valence-corrected chi connectivity index (χ3v) is 2.99. The van der Waals surface area contributed by atoms with E-state index in [2.05, 4.69) is 10.6 Å². The van der Waals surface area contributed by atoms with Crippen molar-refractivity contribution in [3.8, 4) is 0 Å². The number of aryl methyl sites for hydroxylation is 1. The Morgan fingerprint density at radius 1 is 0.955 bits per heavy atom. The molecule has 22 heavy (non-hydrogen) atoms. The molecule has 2 N–H and O–H groups in total. The van der Waals surface area contributed by atoms with Crippen molar-refractivity contribution < 1.29 is 18.4 Å². The van der Waals surface area contributed by atoms with Crippen molar-refractivity contribution in [1.29, 1.82) is 0 Å². The molecule has 2 aromatic rings. The van der Waals surface area contributed by atoms with Crippen LogP contribution in [0.3, 0.4) is 0 Å². The first kappa shape index (κ1) is 15.6. The quantitative estimate of drug-likeness (QED) is 0.912. The Labute approximate surface area is 126 Å². The lowest BCUT2D eigenvalue weighted by atomic mass is 10.1. The lowest BCUT2D eigenvalue weighted by Crippen LogP contribution is -2.14.